The number of nitrogens with two attached hydrogens (primary N) is 1. The molecule has 1 amide bonds. The molecule has 0 bridgehead atoms. The average molecular weight is 227 g/mol. The number of rotatable bonds is 4. The van der Waals surface area contributed by atoms with Gasteiger partial charge in [0, 0.05) is 5.57 Å². The highest BCUT2D eigenvalue weighted by molar-refractivity contribution is 5.94. The molecular formula is C15H17NO. The van der Waals surface area contributed by atoms with E-state index in [1.165, 1.54) is 5.56 Å². The van der Waals surface area contributed by atoms with Crippen LogP contribution in [0, 0.1) is 6.92 Å². The van der Waals surface area contributed by atoms with Crippen LogP contribution in [0.1, 0.15) is 18.1 Å². The van der Waals surface area contributed by atoms with Gasteiger partial charge in [-0.25, -0.2) is 0 Å². The van der Waals surface area contributed by atoms with E-state index >= 15 is 0 Å². The summed E-state index contributed by atoms with van der Waals surface area (Å²) in [6.07, 6.45) is 5.32. The summed E-state index contributed by atoms with van der Waals surface area (Å²) < 4.78 is 0. The van der Waals surface area contributed by atoms with Crippen LogP contribution in [0.4, 0.5) is 0 Å². The number of hydrogen-bond donors (Lipinski definition) is 1. The van der Waals surface area contributed by atoms with Crippen molar-refractivity contribution in [2.45, 2.75) is 13.8 Å². The number of primary amides is 1. The van der Waals surface area contributed by atoms with Gasteiger partial charge in [0.1, 0.15) is 0 Å². The molecule has 0 saturated carbocycles. The van der Waals surface area contributed by atoms with Gasteiger partial charge in [0.25, 0.3) is 0 Å². The first-order chi connectivity index (χ1) is 8.00. The predicted molar refractivity (Wildman–Crippen MR) is 72.3 cm³/mol. The molecule has 0 aromatic heterocycles. The molecule has 1 aromatic rings. The molecule has 0 aliphatic rings. The van der Waals surface area contributed by atoms with Crippen molar-refractivity contribution < 1.29 is 4.79 Å². The summed E-state index contributed by atoms with van der Waals surface area (Å²) in [6, 6.07) is 8.27. The smallest absolute Gasteiger partial charge is 0.248 e. The van der Waals surface area contributed by atoms with Crippen LogP contribution in [-0.4, -0.2) is 5.91 Å². The van der Waals surface area contributed by atoms with Gasteiger partial charge in [-0.15, -0.1) is 0 Å². The molecular weight excluding hydrogens is 210 g/mol. The van der Waals surface area contributed by atoms with Crippen molar-refractivity contribution in [3.8, 4) is 0 Å². The molecule has 0 fully saturated rings. The van der Waals surface area contributed by atoms with Gasteiger partial charge in [-0.2, -0.15) is 0 Å². The summed E-state index contributed by atoms with van der Waals surface area (Å²) in [5.74, 6) is -0.498. The van der Waals surface area contributed by atoms with Gasteiger partial charge < -0.3 is 5.73 Å². The fourth-order valence-electron chi connectivity index (χ4n) is 1.30. The Balaban J connectivity index is 2.76. The van der Waals surface area contributed by atoms with Crippen LogP contribution < -0.4 is 5.73 Å². The van der Waals surface area contributed by atoms with Crippen LogP contribution in [0.5, 0.6) is 0 Å². The van der Waals surface area contributed by atoms with Crippen LogP contribution in [-0.2, 0) is 4.79 Å². The molecule has 2 nitrogen and oxygen atoms in total. The lowest BCUT2D eigenvalue weighted by Crippen LogP contribution is -2.11. The molecule has 1 rings (SSSR count). The van der Waals surface area contributed by atoms with Crippen molar-refractivity contribution in [2.24, 2.45) is 5.73 Å². The number of amides is 1. The number of allylic oxidation sites excluding steroid dienone is 3. The predicted octanol–water partition coefficient (Wildman–Crippen LogP) is 3.00. The quantitative estimate of drug-likeness (QED) is 0.623. The van der Waals surface area contributed by atoms with Gasteiger partial charge in [-0.05, 0) is 25.0 Å². The van der Waals surface area contributed by atoms with Gasteiger partial charge in [-0.1, -0.05) is 54.6 Å². The molecule has 0 unspecified atom stereocenters. The van der Waals surface area contributed by atoms with Gasteiger partial charge in [0.05, 0.1) is 0 Å². The maximum Gasteiger partial charge on any atom is 0.248 e. The third-order valence-electron chi connectivity index (χ3n) is 2.47. The van der Waals surface area contributed by atoms with Crippen LogP contribution in [0.25, 0.3) is 5.57 Å². The van der Waals surface area contributed by atoms with E-state index in [9.17, 15) is 4.79 Å². The molecule has 1 aromatic carbocycles. The third kappa shape index (κ3) is 4.11. The van der Waals surface area contributed by atoms with E-state index in [0.717, 1.165) is 11.1 Å². The first kappa shape index (κ1) is 13.0. The SMILES string of the molecule is C=C(/C=C\C=C(/C)c1ccc(C)cc1)C(N)=O. The first-order valence-corrected chi connectivity index (χ1v) is 5.41. The summed E-state index contributed by atoms with van der Waals surface area (Å²) in [7, 11) is 0. The first-order valence-electron chi connectivity index (χ1n) is 5.41. The third-order valence-corrected chi connectivity index (χ3v) is 2.47. The normalized spacial score (nSPS) is 11.8. The molecule has 2 N–H and O–H groups in total. The second-order valence-corrected chi connectivity index (χ2v) is 3.96. The number of hydrogen-bond acceptors (Lipinski definition) is 1. The Bertz CT molecular complexity index is 478. The zero-order valence-electron chi connectivity index (χ0n) is 10.2. The number of carbonyl (C=O) groups excluding carboxylic acids is 1. The Morgan fingerprint density at radius 2 is 1.88 bits per heavy atom. The Morgan fingerprint density at radius 1 is 1.29 bits per heavy atom. The molecule has 0 saturated heterocycles. The van der Waals surface area contributed by atoms with Crippen molar-refractivity contribution in [2.75, 3.05) is 0 Å². The molecule has 0 atom stereocenters. The summed E-state index contributed by atoms with van der Waals surface area (Å²) in [6.45, 7) is 7.62. The molecule has 17 heavy (non-hydrogen) atoms. The fourth-order valence-corrected chi connectivity index (χ4v) is 1.30. The molecule has 0 aliphatic carbocycles. The number of aryl methyl sites for hydroxylation is 1. The van der Waals surface area contributed by atoms with Crippen molar-refractivity contribution in [3.63, 3.8) is 0 Å². The lowest BCUT2D eigenvalue weighted by Gasteiger charge is -2.00. The summed E-state index contributed by atoms with van der Waals surface area (Å²) in [4.78, 5) is 10.7. The van der Waals surface area contributed by atoms with E-state index in [4.69, 9.17) is 5.73 Å². The Labute approximate surface area is 102 Å². The van der Waals surface area contributed by atoms with Gasteiger partial charge in [0.2, 0.25) is 5.91 Å². The van der Waals surface area contributed by atoms with E-state index < -0.39 is 5.91 Å². The molecule has 88 valence electrons. The summed E-state index contributed by atoms with van der Waals surface area (Å²) in [5.41, 5.74) is 8.89. The molecule has 0 spiro atoms. The zero-order valence-corrected chi connectivity index (χ0v) is 10.2. The average Bonchev–Trinajstić information content (AvgIpc) is 2.29. The lowest BCUT2D eigenvalue weighted by atomic mass is 10.1. The van der Waals surface area contributed by atoms with E-state index in [2.05, 4.69) is 37.8 Å². The standard InChI is InChI=1S/C15H17NO/c1-11-7-9-14(10-8-11)12(2)5-4-6-13(3)15(16)17/h4-10H,3H2,1-2H3,(H2,16,17)/b6-4-,12-5+. The van der Waals surface area contributed by atoms with Crippen LogP contribution >= 0.6 is 0 Å². The topological polar surface area (TPSA) is 43.1 Å². The highest BCUT2D eigenvalue weighted by Gasteiger charge is 1.95. The van der Waals surface area contributed by atoms with Crippen LogP contribution in [0.15, 0.2) is 54.6 Å². The highest BCUT2D eigenvalue weighted by atomic mass is 16.1. The maximum absolute atomic E-state index is 10.7. The maximum atomic E-state index is 10.7. The van der Waals surface area contributed by atoms with Crippen LogP contribution in [0.2, 0.25) is 0 Å². The highest BCUT2D eigenvalue weighted by Crippen LogP contribution is 2.14. The minimum absolute atomic E-state index is 0.304. The summed E-state index contributed by atoms with van der Waals surface area (Å²) in [5, 5.41) is 0. The van der Waals surface area contributed by atoms with Gasteiger partial charge in [-0.3, -0.25) is 4.79 Å². The van der Waals surface area contributed by atoms with E-state index in [-0.39, 0.29) is 0 Å². The van der Waals surface area contributed by atoms with Crippen molar-refractivity contribution in [3.05, 3.63) is 65.8 Å². The molecule has 2 heteroatoms. The van der Waals surface area contributed by atoms with Gasteiger partial charge in [0.15, 0.2) is 0 Å². The van der Waals surface area contributed by atoms with Crippen molar-refractivity contribution >= 4 is 11.5 Å². The minimum Gasteiger partial charge on any atom is -0.366 e. The lowest BCUT2D eigenvalue weighted by molar-refractivity contribution is -0.114. The van der Waals surface area contributed by atoms with E-state index in [0.29, 0.717) is 5.57 Å². The number of carbonyl (C=O) groups is 1. The van der Waals surface area contributed by atoms with Crippen molar-refractivity contribution in [1.82, 2.24) is 0 Å². The molecule has 0 heterocycles. The largest absolute Gasteiger partial charge is 0.366 e. The monoisotopic (exact) mass is 227 g/mol. The fraction of sp³-hybridized carbons (Fsp3) is 0.133. The Morgan fingerprint density at radius 3 is 2.41 bits per heavy atom. The molecule has 0 aliphatic heterocycles. The van der Waals surface area contributed by atoms with E-state index in [1.807, 2.05) is 13.0 Å². The van der Waals surface area contributed by atoms with E-state index in [1.54, 1.807) is 12.2 Å². The second-order valence-electron chi connectivity index (χ2n) is 3.96. The van der Waals surface area contributed by atoms with Crippen LogP contribution in [0.3, 0.4) is 0 Å². The van der Waals surface area contributed by atoms with Gasteiger partial charge >= 0.3 is 0 Å². The second kappa shape index (κ2) is 5.85. The zero-order chi connectivity index (χ0) is 12.8. The Hall–Kier alpha value is -2.09. The number of benzene rings is 1. The van der Waals surface area contributed by atoms with Crippen molar-refractivity contribution in [1.29, 1.82) is 0 Å². The Kier molecular flexibility index (Phi) is 4.46. The molecule has 0 radical (unpaired) electrons. The summed E-state index contributed by atoms with van der Waals surface area (Å²) >= 11 is 0. The minimum atomic E-state index is -0.498.